The summed E-state index contributed by atoms with van der Waals surface area (Å²) in [5.41, 5.74) is 2.18. The van der Waals surface area contributed by atoms with Crippen molar-refractivity contribution in [1.82, 2.24) is 10.2 Å². The van der Waals surface area contributed by atoms with Crippen molar-refractivity contribution in [3.8, 4) is 11.5 Å². The van der Waals surface area contributed by atoms with E-state index in [2.05, 4.69) is 12.2 Å². The number of unbranched alkanes of at least 4 members (excludes halogenated alkanes) is 1. The third-order valence-corrected chi connectivity index (χ3v) is 8.35. The SMILES string of the molecule is CCCCNC(=O)[C@H](Cc1ccccc1)N(Cc1cccc(OC)c1)C(=O)CCCN(c1ccccc1OCC)S(C)(=O)=O. The lowest BCUT2D eigenvalue weighted by Gasteiger charge is -2.32. The van der Waals surface area contributed by atoms with Crippen LogP contribution < -0.4 is 19.1 Å². The van der Waals surface area contributed by atoms with Gasteiger partial charge in [-0.25, -0.2) is 8.42 Å². The molecule has 0 fully saturated rings. The quantitative estimate of drug-likeness (QED) is 0.196. The maximum absolute atomic E-state index is 14.0. The molecule has 0 aromatic heterocycles. The summed E-state index contributed by atoms with van der Waals surface area (Å²) in [4.78, 5) is 29.3. The van der Waals surface area contributed by atoms with E-state index in [9.17, 15) is 18.0 Å². The molecule has 0 bridgehead atoms. The van der Waals surface area contributed by atoms with Crippen LogP contribution >= 0.6 is 0 Å². The molecule has 3 aromatic carbocycles. The van der Waals surface area contributed by atoms with Gasteiger partial charge in [0.05, 0.1) is 25.7 Å². The minimum absolute atomic E-state index is 0.0420. The highest BCUT2D eigenvalue weighted by Gasteiger charge is 2.30. The van der Waals surface area contributed by atoms with Gasteiger partial charge in [-0.05, 0) is 55.2 Å². The number of nitrogens with zero attached hydrogens (tertiary/aromatic N) is 2. The number of carbonyl (C=O) groups is 2. The maximum atomic E-state index is 14.0. The number of carbonyl (C=O) groups excluding carboxylic acids is 2. The summed E-state index contributed by atoms with van der Waals surface area (Å²) in [5.74, 6) is 0.643. The molecule has 1 atom stereocenters. The van der Waals surface area contributed by atoms with Crippen molar-refractivity contribution in [2.75, 3.05) is 37.4 Å². The minimum Gasteiger partial charge on any atom is -0.497 e. The van der Waals surface area contributed by atoms with E-state index in [4.69, 9.17) is 9.47 Å². The zero-order valence-corrected chi connectivity index (χ0v) is 27.0. The second-order valence-electron chi connectivity index (χ2n) is 10.6. The molecule has 2 amide bonds. The van der Waals surface area contributed by atoms with Crippen LogP contribution in [0.25, 0.3) is 0 Å². The first-order valence-corrected chi connectivity index (χ1v) is 17.0. The van der Waals surface area contributed by atoms with Crippen molar-refractivity contribution < 1.29 is 27.5 Å². The fraction of sp³-hybridized carbons (Fsp3) is 0.412. The predicted molar refractivity (Wildman–Crippen MR) is 174 cm³/mol. The molecule has 0 aliphatic heterocycles. The topological polar surface area (TPSA) is 105 Å². The fourth-order valence-corrected chi connectivity index (χ4v) is 5.92. The second kappa shape index (κ2) is 17.3. The van der Waals surface area contributed by atoms with Crippen molar-refractivity contribution in [3.63, 3.8) is 0 Å². The highest BCUT2D eigenvalue weighted by molar-refractivity contribution is 7.92. The van der Waals surface area contributed by atoms with Crippen LogP contribution in [0.15, 0.2) is 78.9 Å². The Labute approximate surface area is 262 Å². The van der Waals surface area contributed by atoms with Crippen LogP contribution in [0, 0.1) is 0 Å². The van der Waals surface area contributed by atoms with Gasteiger partial charge in [-0.1, -0.05) is 67.9 Å². The van der Waals surface area contributed by atoms with Crippen LogP contribution in [0.1, 0.15) is 50.7 Å². The average molecular weight is 624 g/mol. The van der Waals surface area contributed by atoms with Crippen molar-refractivity contribution in [3.05, 3.63) is 90.0 Å². The lowest BCUT2D eigenvalue weighted by molar-refractivity contribution is -0.141. The third-order valence-electron chi connectivity index (χ3n) is 7.17. The summed E-state index contributed by atoms with van der Waals surface area (Å²) in [6.45, 7) is 5.06. The zero-order valence-electron chi connectivity index (χ0n) is 26.2. The molecule has 3 aromatic rings. The Balaban J connectivity index is 1.90. The monoisotopic (exact) mass is 623 g/mol. The number of nitrogens with one attached hydrogen (secondary N) is 1. The van der Waals surface area contributed by atoms with Crippen molar-refractivity contribution >= 4 is 27.5 Å². The van der Waals surface area contributed by atoms with Crippen molar-refractivity contribution in [2.45, 2.75) is 58.5 Å². The number of amides is 2. The highest BCUT2D eigenvalue weighted by Crippen LogP contribution is 2.30. The Bertz CT molecular complexity index is 1450. The van der Waals surface area contributed by atoms with Gasteiger partial charge in [0, 0.05) is 32.5 Å². The van der Waals surface area contributed by atoms with Crippen LogP contribution in [-0.4, -0.2) is 64.2 Å². The van der Waals surface area contributed by atoms with Gasteiger partial charge in [0.2, 0.25) is 21.8 Å². The number of ether oxygens (including phenoxy) is 2. The molecule has 3 rings (SSSR count). The van der Waals surface area contributed by atoms with E-state index in [-0.39, 0.29) is 37.7 Å². The second-order valence-corrected chi connectivity index (χ2v) is 12.5. The van der Waals surface area contributed by atoms with E-state index in [1.54, 1.807) is 36.3 Å². The minimum atomic E-state index is -3.67. The number of benzene rings is 3. The van der Waals surface area contributed by atoms with E-state index in [0.29, 0.717) is 36.8 Å². The normalized spacial score (nSPS) is 11.8. The Morgan fingerprint density at radius 1 is 0.909 bits per heavy atom. The molecule has 0 heterocycles. The number of anilines is 1. The first kappa shape index (κ1) is 34.4. The number of hydrogen-bond donors (Lipinski definition) is 1. The predicted octanol–water partition coefficient (Wildman–Crippen LogP) is 5.20. The van der Waals surface area contributed by atoms with Crippen molar-refractivity contribution in [2.24, 2.45) is 0 Å². The molecule has 0 radical (unpaired) electrons. The third kappa shape index (κ3) is 10.3. The van der Waals surface area contributed by atoms with Crippen LogP contribution in [-0.2, 0) is 32.6 Å². The van der Waals surface area contributed by atoms with Gasteiger partial charge in [0.15, 0.2) is 0 Å². The van der Waals surface area contributed by atoms with Gasteiger partial charge < -0.3 is 19.7 Å². The molecule has 0 unspecified atom stereocenters. The maximum Gasteiger partial charge on any atom is 0.243 e. The van der Waals surface area contributed by atoms with Gasteiger partial charge in [0.25, 0.3) is 0 Å². The van der Waals surface area contributed by atoms with Gasteiger partial charge in [0.1, 0.15) is 17.5 Å². The highest BCUT2D eigenvalue weighted by atomic mass is 32.2. The number of sulfonamides is 1. The van der Waals surface area contributed by atoms with E-state index in [1.165, 1.54) is 4.31 Å². The van der Waals surface area contributed by atoms with Crippen LogP contribution in [0.4, 0.5) is 5.69 Å². The molecule has 0 aliphatic rings. The number of hydrogen-bond acceptors (Lipinski definition) is 6. The smallest absolute Gasteiger partial charge is 0.243 e. The lowest BCUT2D eigenvalue weighted by Crippen LogP contribution is -2.50. The molecule has 0 spiro atoms. The summed E-state index contributed by atoms with van der Waals surface area (Å²) in [7, 11) is -2.08. The Kier molecular flexibility index (Phi) is 13.5. The molecule has 9 nitrogen and oxygen atoms in total. The Hall–Kier alpha value is -4.05. The lowest BCUT2D eigenvalue weighted by atomic mass is 10.0. The first-order chi connectivity index (χ1) is 21.2. The standard InChI is InChI=1S/C34H45N3O6S/c1-5-7-22-35-34(39)31(25-27-15-9-8-10-16-27)36(26-28-17-13-18-29(24-28)42-3)33(38)21-14-23-37(44(4,40)41)30-19-11-12-20-32(30)43-6-2/h8-13,15-20,24,31H,5-7,14,21-23,25-26H2,1-4H3,(H,35,39)/t31-/m0/s1. The summed E-state index contributed by atoms with van der Waals surface area (Å²) < 4.78 is 38.0. The summed E-state index contributed by atoms with van der Waals surface area (Å²) >= 11 is 0. The Morgan fingerprint density at radius 3 is 2.30 bits per heavy atom. The van der Waals surface area contributed by atoms with Crippen LogP contribution in [0.5, 0.6) is 11.5 Å². The summed E-state index contributed by atoms with van der Waals surface area (Å²) in [6.07, 6.45) is 3.53. The number of methoxy groups -OCH3 is 1. The van der Waals surface area contributed by atoms with Crippen LogP contribution in [0.3, 0.4) is 0 Å². The van der Waals surface area contributed by atoms with E-state index < -0.39 is 16.1 Å². The summed E-state index contributed by atoms with van der Waals surface area (Å²) in [6, 6.07) is 23.2. The molecular formula is C34H45N3O6S. The molecule has 44 heavy (non-hydrogen) atoms. The van der Waals surface area contributed by atoms with Gasteiger partial charge in [-0.15, -0.1) is 0 Å². The summed E-state index contributed by atoms with van der Waals surface area (Å²) in [5, 5.41) is 3.02. The molecule has 0 aliphatic carbocycles. The molecule has 10 heteroatoms. The molecule has 0 saturated carbocycles. The number of rotatable bonds is 18. The van der Waals surface area contributed by atoms with Gasteiger partial charge in [-0.3, -0.25) is 13.9 Å². The average Bonchev–Trinajstić information content (AvgIpc) is 3.01. The molecule has 1 N–H and O–H groups in total. The fourth-order valence-electron chi connectivity index (χ4n) is 4.95. The van der Waals surface area contributed by atoms with Gasteiger partial charge in [-0.2, -0.15) is 0 Å². The molecular weight excluding hydrogens is 578 g/mol. The van der Waals surface area contributed by atoms with Crippen molar-refractivity contribution in [1.29, 1.82) is 0 Å². The van der Waals surface area contributed by atoms with Gasteiger partial charge >= 0.3 is 0 Å². The molecule has 0 saturated heterocycles. The van der Waals surface area contributed by atoms with Crippen LogP contribution in [0.2, 0.25) is 0 Å². The Morgan fingerprint density at radius 2 is 1.61 bits per heavy atom. The van der Waals surface area contributed by atoms with E-state index in [0.717, 1.165) is 30.2 Å². The van der Waals surface area contributed by atoms with E-state index >= 15 is 0 Å². The first-order valence-electron chi connectivity index (χ1n) is 15.1. The van der Waals surface area contributed by atoms with E-state index in [1.807, 2.05) is 61.5 Å². The molecule has 238 valence electrons. The number of para-hydroxylation sites is 2. The zero-order chi connectivity index (χ0) is 32.0. The largest absolute Gasteiger partial charge is 0.497 e.